The van der Waals surface area contributed by atoms with Gasteiger partial charge in [0.1, 0.15) is 0 Å². The molecule has 110 valence electrons. The van der Waals surface area contributed by atoms with Gasteiger partial charge in [0, 0.05) is 5.92 Å². The first-order valence-corrected chi connectivity index (χ1v) is 7.68. The molecular weight excluding hydrogens is 240 g/mol. The highest BCUT2D eigenvalue weighted by Crippen LogP contribution is 2.32. The van der Waals surface area contributed by atoms with Crippen molar-refractivity contribution in [3.63, 3.8) is 0 Å². The fourth-order valence-electron chi connectivity index (χ4n) is 2.66. The van der Waals surface area contributed by atoms with Crippen molar-refractivity contribution in [3.05, 3.63) is 12.7 Å². The van der Waals surface area contributed by atoms with Crippen molar-refractivity contribution >= 4 is 5.97 Å². The molecule has 0 aromatic carbocycles. The Hall–Kier alpha value is -0.830. The van der Waals surface area contributed by atoms with Crippen molar-refractivity contribution < 1.29 is 14.6 Å². The summed E-state index contributed by atoms with van der Waals surface area (Å²) in [4.78, 5) is 11.4. The average Bonchev–Trinajstić information content (AvgIpc) is 2.70. The lowest BCUT2D eigenvalue weighted by molar-refractivity contribution is -0.150. The highest BCUT2D eigenvalue weighted by Gasteiger charge is 2.48. The molecule has 1 N–H and O–H groups in total. The van der Waals surface area contributed by atoms with E-state index in [1.807, 2.05) is 0 Å². The summed E-state index contributed by atoms with van der Waals surface area (Å²) in [5.41, 5.74) is -1.44. The molecule has 1 rings (SSSR count). The zero-order valence-corrected chi connectivity index (χ0v) is 12.2. The van der Waals surface area contributed by atoms with Gasteiger partial charge in [-0.15, -0.1) is 0 Å². The summed E-state index contributed by atoms with van der Waals surface area (Å²) < 4.78 is 4.93. The second-order valence-corrected chi connectivity index (χ2v) is 5.59. The zero-order chi connectivity index (χ0) is 14.1. The van der Waals surface area contributed by atoms with Crippen LogP contribution in [0, 0.1) is 5.92 Å². The molecule has 0 radical (unpaired) electrons. The lowest BCUT2D eigenvalue weighted by Gasteiger charge is -2.20. The van der Waals surface area contributed by atoms with E-state index in [4.69, 9.17) is 4.74 Å². The fourth-order valence-corrected chi connectivity index (χ4v) is 2.66. The van der Waals surface area contributed by atoms with Crippen LogP contribution in [0.3, 0.4) is 0 Å². The minimum absolute atomic E-state index is 0.113. The first-order valence-electron chi connectivity index (χ1n) is 7.68. The fraction of sp³-hybridized carbons (Fsp3) is 0.812. The largest absolute Gasteiger partial charge is 0.463 e. The molecule has 3 nitrogen and oxygen atoms in total. The molecule has 0 spiro atoms. The number of esters is 1. The summed E-state index contributed by atoms with van der Waals surface area (Å²) in [6, 6.07) is 0. The SMILES string of the molecule is C=C[C@@]1(O)C(=O)OC[C@@H]1CCCCCCCCCC. The summed E-state index contributed by atoms with van der Waals surface area (Å²) in [6.45, 7) is 6.11. The predicted molar refractivity (Wildman–Crippen MR) is 76.8 cm³/mol. The molecule has 2 atom stereocenters. The average molecular weight is 268 g/mol. The quantitative estimate of drug-likeness (QED) is 0.374. The molecule has 1 aliphatic rings. The van der Waals surface area contributed by atoms with Crippen LogP contribution in [0.5, 0.6) is 0 Å². The van der Waals surface area contributed by atoms with Gasteiger partial charge in [-0.1, -0.05) is 64.9 Å². The van der Waals surface area contributed by atoms with Crippen LogP contribution in [0.4, 0.5) is 0 Å². The number of hydrogen-bond acceptors (Lipinski definition) is 3. The number of aliphatic hydroxyl groups is 1. The third-order valence-electron chi connectivity index (χ3n) is 4.08. The van der Waals surface area contributed by atoms with E-state index in [2.05, 4.69) is 13.5 Å². The van der Waals surface area contributed by atoms with Gasteiger partial charge >= 0.3 is 5.97 Å². The number of hydrogen-bond donors (Lipinski definition) is 1. The molecule has 0 amide bonds. The molecule has 1 heterocycles. The molecule has 1 aliphatic heterocycles. The highest BCUT2D eigenvalue weighted by atomic mass is 16.6. The van der Waals surface area contributed by atoms with Gasteiger partial charge in [0.2, 0.25) is 0 Å². The summed E-state index contributed by atoms with van der Waals surface area (Å²) in [5, 5.41) is 10.1. The van der Waals surface area contributed by atoms with Crippen LogP contribution in [0.2, 0.25) is 0 Å². The van der Waals surface area contributed by atoms with E-state index < -0.39 is 11.6 Å². The van der Waals surface area contributed by atoms with Crippen LogP contribution in [0.25, 0.3) is 0 Å². The third-order valence-corrected chi connectivity index (χ3v) is 4.08. The Morgan fingerprint density at radius 1 is 1.26 bits per heavy atom. The van der Waals surface area contributed by atoms with Crippen LogP contribution in [-0.2, 0) is 9.53 Å². The van der Waals surface area contributed by atoms with E-state index in [0.717, 1.165) is 12.8 Å². The summed E-state index contributed by atoms with van der Waals surface area (Å²) in [5.74, 6) is -0.648. The monoisotopic (exact) mass is 268 g/mol. The Kier molecular flexibility index (Phi) is 7.14. The van der Waals surface area contributed by atoms with Gasteiger partial charge in [0.05, 0.1) is 6.61 Å². The van der Waals surface area contributed by atoms with Crippen LogP contribution in [-0.4, -0.2) is 23.3 Å². The second kappa shape index (κ2) is 8.36. The van der Waals surface area contributed by atoms with Crippen LogP contribution >= 0.6 is 0 Å². The van der Waals surface area contributed by atoms with E-state index >= 15 is 0 Å². The van der Waals surface area contributed by atoms with Crippen LogP contribution < -0.4 is 0 Å². The van der Waals surface area contributed by atoms with E-state index in [0.29, 0.717) is 6.61 Å². The van der Waals surface area contributed by atoms with Gasteiger partial charge in [0.25, 0.3) is 0 Å². The maximum absolute atomic E-state index is 11.4. The number of rotatable bonds is 10. The molecule has 0 aromatic heterocycles. The summed E-state index contributed by atoms with van der Waals surface area (Å²) >= 11 is 0. The standard InChI is InChI=1S/C16H28O3/c1-3-5-6-7-8-9-10-11-12-14-13-19-15(17)16(14,18)4-2/h4,14,18H,2-3,5-13H2,1H3/t14-,16-/m0/s1. The molecule has 0 bridgehead atoms. The molecule has 0 saturated carbocycles. The van der Waals surface area contributed by atoms with Gasteiger partial charge in [-0.2, -0.15) is 0 Å². The Bertz CT molecular complexity index is 288. The molecule has 1 saturated heterocycles. The van der Waals surface area contributed by atoms with Gasteiger partial charge in [-0.25, -0.2) is 4.79 Å². The van der Waals surface area contributed by atoms with Crippen LogP contribution in [0.15, 0.2) is 12.7 Å². The van der Waals surface area contributed by atoms with Crippen molar-refractivity contribution in [1.29, 1.82) is 0 Å². The zero-order valence-electron chi connectivity index (χ0n) is 12.2. The van der Waals surface area contributed by atoms with Crippen LogP contribution in [0.1, 0.15) is 64.7 Å². The van der Waals surface area contributed by atoms with Gasteiger partial charge in [-0.05, 0) is 12.5 Å². The topological polar surface area (TPSA) is 46.5 Å². The first kappa shape index (κ1) is 16.2. The number of unbranched alkanes of at least 4 members (excludes halogenated alkanes) is 7. The lowest BCUT2D eigenvalue weighted by Crippen LogP contribution is -2.38. The molecule has 1 fully saturated rings. The Morgan fingerprint density at radius 2 is 1.84 bits per heavy atom. The van der Waals surface area contributed by atoms with Crippen molar-refractivity contribution in [1.82, 2.24) is 0 Å². The first-order chi connectivity index (χ1) is 9.15. The molecule has 0 unspecified atom stereocenters. The van der Waals surface area contributed by atoms with E-state index in [1.54, 1.807) is 0 Å². The van der Waals surface area contributed by atoms with E-state index in [-0.39, 0.29) is 5.92 Å². The maximum Gasteiger partial charge on any atom is 0.342 e. The third kappa shape index (κ3) is 4.64. The number of cyclic esters (lactones) is 1. The van der Waals surface area contributed by atoms with Crippen molar-refractivity contribution in [2.24, 2.45) is 5.92 Å². The Morgan fingerprint density at radius 3 is 2.42 bits per heavy atom. The minimum Gasteiger partial charge on any atom is -0.463 e. The lowest BCUT2D eigenvalue weighted by atomic mass is 9.86. The van der Waals surface area contributed by atoms with E-state index in [9.17, 15) is 9.90 Å². The highest BCUT2D eigenvalue weighted by molar-refractivity contribution is 5.84. The molecular formula is C16H28O3. The van der Waals surface area contributed by atoms with Crippen molar-refractivity contribution in [3.8, 4) is 0 Å². The number of ether oxygens (including phenoxy) is 1. The normalized spacial score (nSPS) is 26.4. The van der Waals surface area contributed by atoms with Gasteiger partial charge in [-0.3, -0.25) is 0 Å². The molecule has 0 aromatic rings. The second-order valence-electron chi connectivity index (χ2n) is 5.59. The predicted octanol–water partition coefficient (Wildman–Crippen LogP) is 3.61. The number of carbonyl (C=O) groups excluding carboxylic acids is 1. The molecule has 0 aliphatic carbocycles. The van der Waals surface area contributed by atoms with Crippen molar-refractivity contribution in [2.75, 3.05) is 6.61 Å². The van der Waals surface area contributed by atoms with Crippen molar-refractivity contribution in [2.45, 2.75) is 70.3 Å². The van der Waals surface area contributed by atoms with Gasteiger partial charge in [0.15, 0.2) is 5.60 Å². The molecule has 3 heteroatoms. The van der Waals surface area contributed by atoms with Gasteiger partial charge < -0.3 is 9.84 Å². The summed E-state index contributed by atoms with van der Waals surface area (Å²) in [6.07, 6.45) is 12.2. The Labute approximate surface area is 117 Å². The smallest absolute Gasteiger partial charge is 0.342 e. The minimum atomic E-state index is -1.44. The van der Waals surface area contributed by atoms with E-state index in [1.165, 1.54) is 51.0 Å². The summed E-state index contributed by atoms with van der Waals surface area (Å²) in [7, 11) is 0. The number of carbonyl (C=O) groups is 1. The molecule has 19 heavy (non-hydrogen) atoms. The Balaban J connectivity index is 2.09. The maximum atomic E-state index is 11.4.